The van der Waals surface area contributed by atoms with Gasteiger partial charge in [-0.25, -0.2) is 4.98 Å². The Balaban J connectivity index is 1.28. The number of phenols is 1. The molecule has 0 saturated carbocycles. The molecule has 9 nitrogen and oxygen atoms in total. The molecule has 5 rings (SSSR count). The Morgan fingerprint density at radius 1 is 0.884 bits per heavy atom. The third kappa shape index (κ3) is 7.62. The van der Waals surface area contributed by atoms with Crippen LogP contribution in [0.3, 0.4) is 0 Å². The molecule has 1 saturated heterocycles. The molecule has 0 bridgehead atoms. The fraction of sp³-hybridized carbons (Fsp3) is 0.250. The smallest absolute Gasteiger partial charge is 0.259 e. The van der Waals surface area contributed by atoms with Crippen LogP contribution >= 0.6 is 23.2 Å². The maximum absolute atomic E-state index is 13.2. The van der Waals surface area contributed by atoms with Gasteiger partial charge in [0.2, 0.25) is 0 Å². The van der Waals surface area contributed by atoms with E-state index < -0.39 is 11.8 Å². The van der Waals surface area contributed by atoms with Crippen LogP contribution in [-0.2, 0) is 6.54 Å². The molecule has 1 fully saturated rings. The van der Waals surface area contributed by atoms with Gasteiger partial charge >= 0.3 is 0 Å². The predicted octanol–water partition coefficient (Wildman–Crippen LogP) is 6.30. The zero-order valence-electron chi connectivity index (χ0n) is 23.4. The van der Waals surface area contributed by atoms with E-state index in [9.17, 15) is 19.5 Å². The van der Waals surface area contributed by atoms with E-state index in [1.165, 1.54) is 43.7 Å². The Hall–Kier alpha value is -4.18. The summed E-state index contributed by atoms with van der Waals surface area (Å²) in [5.41, 5.74) is 1.23. The maximum Gasteiger partial charge on any atom is 0.259 e. The number of carbonyl (C=O) groups is 2. The van der Waals surface area contributed by atoms with Crippen LogP contribution in [0, 0.1) is 0 Å². The normalized spacial score (nSPS) is 13.4. The largest absolute Gasteiger partial charge is 0.506 e. The number of aryl methyl sites for hydroxylation is 1. The van der Waals surface area contributed by atoms with E-state index in [1.807, 2.05) is 6.07 Å². The van der Waals surface area contributed by atoms with Gasteiger partial charge in [-0.3, -0.25) is 14.4 Å². The second kappa shape index (κ2) is 13.9. The number of piperidine rings is 1. The molecule has 2 aromatic heterocycles. The highest BCUT2D eigenvalue weighted by molar-refractivity contribution is 6.32. The zero-order chi connectivity index (χ0) is 30.3. The summed E-state index contributed by atoms with van der Waals surface area (Å²) in [5, 5.41) is 16.3. The highest BCUT2D eigenvalue weighted by atomic mass is 35.5. The molecular weight excluding hydrogens is 589 g/mol. The minimum Gasteiger partial charge on any atom is -0.506 e. The first kappa shape index (κ1) is 30.3. The topological polar surface area (TPSA) is 117 Å². The highest BCUT2D eigenvalue weighted by Gasteiger charge is 2.20. The standard InChI is InChI=1S/C32H31Cl2N5O4/c33-23-11-12-28(35-20-23)36-31(42)26-18-24(34)19-27(40)29(26)37-30(41)22-9-7-21(8-10-22)25-6-4-16-39(32(25)43)17-5-15-38-13-2-1-3-14-38/h4,6-12,16,18-20,40H,1-3,5,13-15,17H2,(H,37,41)(H,35,36,42). The third-order valence-corrected chi connectivity index (χ3v) is 7.78. The van der Waals surface area contributed by atoms with Crippen molar-refractivity contribution >= 4 is 46.5 Å². The monoisotopic (exact) mass is 619 g/mol. The summed E-state index contributed by atoms with van der Waals surface area (Å²) in [4.78, 5) is 45.9. The van der Waals surface area contributed by atoms with Gasteiger partial charge in [0.05, 0.1) is 16.3 Å². The second-order valence-electron chi connectivity index (χ2n) is 10.4. The van der Waals surface area contributed by atoms with Crippen molar-refractivity contribution in [3.05, 3.63) is 105 Å². The number of anilines is 2. The van der Waals surface area contributed by atoms with E-state index in [0.717, 1.165) is 26.1 Å². The Morgan fingerprint density at radius 2 is 1.65 bits per heavy atom. The first-order valence-corrected chi connectivity index (χ1v) is 14.8. The fourth-order valence-corrected chi connectivity index (χ4v) is 5.43. The van der Waals surface area contributed by atoms with Crippen LogP contribution < -0.4 is 16.2 Å². The third-order valence-electron chi connectivity index (χ3n) is 7.33. The molecule has 1 aliphatic rings. The number of hydrogen-bond donors (Lipinski definition) is 3. The van der Waals surface area contributed by atoms with Gasteiger partial charge in [-0.15, -0.1) is 0 Å². The molecule has 0 aliphatic carbocycles. The Bertz CT molecular complexity index is 1670. The summed E-state index contributed by atoms with van der Waals surface area (Å²) in [6.07, 6.45) is 7.85. The van der Waals surface area contributed by atoms with E-state index >= 15 is 0 Å². The summed E-state index contributed by atoms with van der Waals surface area (Å²) in [5.74, 6) is -1.36. The summed E-state index contributed by atoms with van der Waals surface area (Å²) in [6.45, 7) is 3.87. The van der Waals surface area contributed by atoms with Crippen molar-refractivity contribution in [3.8, 4) is 16.9 Å². The zero-order valence-corrected chi connectivity index (χ0v) is 24.9. The van der Waals surface area contributed by atoms with E-state index in [4.69, 9.17) is 23.2 Å². The number of nitrogens with zero attached hydrogens (tertiary/aromatic N) is 3. The molecule has 2 aromatic carbocycles. The van der Waals surface area contributed by atoms with Gasteiger partial charge in [0.15, 0.2) is 0 Å². The van der Waals surface area contributed by atoms with Gasteiger partial charge in [-0.1, -0.05) is 41.8 Å². The van der Waals surface area contributed by atoms with E-state index in [1.54, 1.807) is 47.2 Å². The molecule has 3 heterocycles. The number of nitrogens with one attached hydrogen (secondary N) is 2. The minimum atomic E-state index is -0.644. The summed E-state index contributed by atoms with van der Waals surface area (Å²) in [7, 11) is 0. The number of hydrogen-bond acceptors (Lipinski definition) is 6. The van der Waals surface area contributed by atoms with Crippen molar-refractivity contribution < 1.29 is 14.7 Å². The lowest BCUT2D eigenvalue weighted by atomic mass is 10.0. The summed E-state index contributed by atoms with van der Waals surface area (Å²) in [6, 6.07) is 15.8. The molecule has 2 amide bonds. The quantitative estimate of drug-likeness (QED) is 0.189. The summed E-state index contributed by atoms with van der Waals surface area (Å²) >= 11 is 11.9. The molecular formula is C32H31Cl2N5O4. The van der Waals surface area contributed by atoms with Crippen LogP contribution in [0.1, 0.15) is 46.4 Å². The number of rotatable bonds is 9. The Morgan fingerprint density at radius 3 is 2.37 bits per heavy atom. The molecule has 3 N–H and O–H groups in total. The molecule has 0 radical (unpaired) electrons. The average Bonchev–Trinajstić information content (AvgIpc) is 3.01. The van der Waals surface area contributed by atoms with Gasteiger partial charge in [0.25, 0.3) is 17.4 Å². The molecule has 0 unspecified atom stereocenters. The molecule has 4 aromatic rings. The van der Waals surface area contributed by atoms with Crippen LogP contribution in [0.25, 0.3) is 11.1 Å². The molecule has 222 valence electrons. The number of phenolic OH excluding ortho intramolecular Hbond substituents is 1. The number of pyridine rings is 2. The van der Waals surface area contributed by atoms with Crippen molar-refractivity contribution in [3.63, 3.8) is 0 Å². The lowest BCUT2D eigenvalue weighted by Crippen LogP contribution is -2.31. The van der Waals surface area contributed by atoms with Gasteiger partial charge < -0.3 is 25.2 Å². The Labute approximate surface area is 259 Å². The average molecular weight is 621 g/mol. The molecule has 43 heavy (non-hydrogen) atoms. The number of likely N-dealkylation sites (tertiary alicyclic amines) is 1. The van der Waals surface area contributed by atoms with Crippen molar-refractivity contribution in [2.45, 2.75) is 32.2 Å². The SMILES string of the molecule is O=C(Nc1c(O)cc(Cl)cc1C(=O)Nc1ccc(Cl)cn1)c1ccc(-c2cccn(CCCN3CCCCC3)c2=O)cc1. The Kier molecular flexibility index (Phi) is 9.76. The molecule has 1 aliphatic heterocycles. The van der Waals surface area contributed by atoms with E-state index in [2.05, 4.69) is 20.5 Å². The lowest BCUT2D eigenvalue weighted by molar-refractivity contribution is 0.102. The van der Waals surface area contributed by atoms with E-state index in [-0.39, 0.29) is 39.0 Å². The van der Waals surface area contributed by atoms with Crippen molar-refractivity contribution in [1.29, 1.82) is 0 Å². The first-order chi connectivity index (χ1) is 20.8. The van der Waals surface area contributed by atoms with Crippen molar-refractivity contribution in [1.82, 2.24) is 14.5 Å². The van der Waals surface area contributed by atoms with Crippen LogP contribution in [-0.4, -0.2) is 51.0 Å². The van der Waals surface area contributed by atoms with Gasteiger partial charge in [0.1, 0.15) is 11.6 Å². The number of benzene rings is 2. The maximum atomic E-state index is 13.2. The van der Waals surface area contributed by atoms with Crippen LogP contribution in [0.2, 0.25) is 10.0 Å². The number of aromatic nitrogens is 2. The minimum absolute atomic E-state index is 0.0585. The fourth-order valence-electron chi connectivity index (χ4n) is 5.10. The van der Waals surface area contributed by atoms with Crippen molar-refractivity contribution in [2.24, 2.45) is 0 Å². The number of halogens is 2. The van der Waals surface area contributed by atoms with Crippen molar-refractivity contribution in [2.75, 3.05) is 30.3 Å². The lowest BCUT2D eigenvalue weighted by Gasteiger charge is -2.26. The second-order valence-corrected chi connectivity index (χ2v) is 11.2. The summed E-state index contributed by atoms with van der Waals surface area (Å²) < 4.78 is 1.73. The molecule has 0 spiro atoms. The van der Waals surface area contributed by atoms with Gasteiger partial charge in [-0.05, 0) is 86.9 Å². The van der Waals surface area contributed by atoms with Crippen LogP contribution in [0.5, 0.6) is 5.75 Å². The van der Waals surface area contributed by atoms with E-state index in [0.29, 0.717) is 22.7 Å². The predicted molar refractivity (Wildman–Crippen MR) is 169 cm³/mol. The highest BCUT2D eigenvalue weighted by Crippen LogP contribution is 2.33. The van der Waals surface area contributed by atoms with Crippen LogP contribution in [0.15, 0.2) is 77.9 Å². The van der Waals surface area contributed by atoms with Gasteiger partial charge in [0, 0.05) is 41.2 Å². The molecule has 11 heteroatoms. The molecule has 0 atom stereocenters. The number of amides is 2. The number of carbonyl (C=O) groups excluding carboxylic acids is 2. The van der Waals surface area contributed by atoms with Crippen LogP contribution in [0.4, 0.5) is 11.5 Å². The first-order valence-electron chi connectivity index (χ1n) is 14.1. The van der Waals surface area contributed by atoms with Gasteiger partial charge in [-0.2, -0.15) is 0 Å². The number of aromatic hydroxyl groups is 1.